The molecule has 0 bridgehead atoms. The van der Waals surface area contributed by atoms with Gasteiger partial charge in [0.1, 0.15) is 22.5 Å². The molecule has 0 aliphatic rings. The number of amides is 3. The summed E-state index contributed by atoms with van der Waals surface area (Å²) in [5.74, 6) is -0.133. The average molecular weight is 707 g/mol. The standard InChI is InChI=1S/C41H30N4O4S2/c46-38(29-16-8-3-9-17-29)43-34(26-31-22-25-35(49-31)27-12-4-1-5-13-27)39(47)42-30-20-23-32(24-21-30)50-37(28-14-6-2-7-15-28)40(48)45-41-44-33-18-10-11-19-36(33)51-41/h1-26,37H,(H,42,47)(H,43,46)(H,44,45,48)/b34-26-/t37-/m0/s1. The van der Waals surface area contributed by atoms with Gasteiger partial charge in [-0.1, -0.05) is 102 Å². The van der Waals surface area contributed by atoms with Crippen LogP contribution in [0.5, 0.6) is 0 Å². The summed E-state index contributed by atoms with van der Waals surface area (Å²) < 4.78 is 7.00. The predicted molar refractivity (Wildman–Crippen MR) is 204 cm³/mol. The Morgan fingerprint density at radius 3 is 2.10 bits per heavy atom. The molecule has 250 valence electrons. The van der Waals surface area contributed by atoms with E-state index in [1.165, 1.54) is 29.2 Å². The summed E-state index contributed by atoms with van der Waals surface area (Å²) in [7, 11) is 0. The number of carbonyl (C=O) groups is 3. The molecule has 7 rings (SSSR count). The van der Waals surface area contributed by atoms with Crippen LogP contribution in [0.15, 0.2) is 167 Å². The Labute approximate surface area is 302 Å². The number of para-hydroxylation sites is 1. The Balaban J connectivity index is 1.08. The molecule has 0 aliphatic heterocycles. The maximum Gasteiger partial charge on any atom is 0.272 e. The fourth-order valence-corrected chi connectivity index (χ4v) is 7.11. The topological polar surface area (TPSA) is 113 Å². The molecular formula is C41H30N4O4S2. The number of fused-ring (bicyclic) bond motifs is 1. The van der Waals surface area contributed by atoms with Gasteiger partial charge < -0.3 is 20.4 Å². The molecule has 0 saturated carbocycles. The molecule has 0 radical (unpaired) electrons. The highest BCUT2D eigenvalue weighted by molar-refractivity contribution is 8.00. The normalized spacial score (nSPS) is 11.9. The third-order valence-corrected chi connectivity index (χ3v) is 9.95. The summed E-state index contributed by atoms with van der Waals surface area (Å²) in [6, 6.07) is 46.3. The van der Waals surface area contributed by atoms with E-state index in [0.717, 1.165) is 26.2 Å². The van der Waals surface area contributed by atoms with Gasteiger partial charge in [-0.3, -0.25) is 14.4 Å². The van der Waals surface area contributed by atoms with Gasteiger partial charge in [0.05, 0.1) is 10.2 Å². The van der Waals surface area contributed by atoms with Gasteiger partial charge in [0.2, 0.25) is 5.91 Å². The molecule has 10 heteroatoms. The molecule has 1 atom stereocenters. The van der Waals surface area contributed by atoms with Gasteiger partial charge in [0.25, 0.3) is 11.8 Å². The monoisotopic (exact) mass is 706 g/mol. The second-order valence-electron chi connectivity index (χ2n) is 11.3. The highest BCUT2D eigenvalue weighted by Gasteiger charge is 2.24. The number of nitrogens with zero attached hydrogens (tertiary/aromatic N) is 1. The highest BCUT2D eigenvalue weighted by Crippen LogP contribution is 2.37. The Morgan fingerprint density at radius 1 is 0.706 bits per heavy atom. The second kappa shape index (κ2) is 15.5. The van der Waals surface area contributed by atoms with Crippen LogP contribution in [0.2, 0.25) is 0 Å². The van der Waals surface area contributed by atoms with Crippen LogP contribution in [-0.4, -0.2) is 22.7 Å². The molecule has 0 aliphatic carbocycles. The van der Waals surface area contributed by atoms with Crippen molar-refractivity contribution in [1.29, 1.82) is 0 Å². The largest absolute Gasteiger partial charge is 0.457 e. The minimum Gasteiger partial charge on any atom is -0.457 e. The molecular weight excluding hydrogens is 677 g/mol. The van der Waals surface area contributed by atoms with Crippen LogP contribution in [0.4, 0.5) is 10.8 Å². The van der Waals surface area contributed by atoms with Crippen LogP contribution >= 0.6 is 23.1 Å². The zero-order valence-corrected chi connectivity index (χ0v) is 28.6. The number of hydrogen-bond acceptors (Lipinski definition) is 7. The lowest BCUT2D eigenvalue weighted by molar-refractivity contribution is -0.116. The molecule has 2 heterocycles. The number of rotatable bonds is 11. The number of nitrogens with one attached hydrogen (secondary N) is 3. The van der Waals surface area contributed by atoms with Crippen molar-refractivity contribution in [2.45, 2.75) is 10.1 Å². The van der Waals surface area contributed by atoms with E-state index in [1.807, 2.05) is 109 Å². The molecule has 5 aromatic carbocycles. The third kappa shape index (κ3) is 8.33. The first-order valence-corrected chi connectivity index (χ1v) is 17.7. The van der Waals surface area contributed by atoms with Crippen molar-refractivity contribution >= 4 is 67.9 Å². The Bertz CT molecular complexity index is 2290. The number of hydrogen-bond donors (Lipinski definition) is 3. The van der Waals surface area contributed by atoms with E-state index in [0.29, 0.717) is 27.9 Å². The zero-order chi connectivity index (χ0) is 35.0. The van der Waals surface area contributed by atoms with E-state index in [-0.39, 0.29) is 11.6 Å². The smallest absolute Gasteiger partial charge is 0.272 e. The van der Waals surface area contributed by atoms with Crippen molar-refractivity contribution < 1.29 is 18.8 Å². The predicted octanol–water partition coefficient (Wildman–Crippen LogP) is 9.44. The molecule has 8 nitrogen and oxygen atoms in total. The van der Waals surface area contributed by atoms with Crippen molar-refractivity contribution in [3.05, 3.63) is 174 Å². The van der Waals surface area contributed by atoms with E-state index in [1.54, 1.807) is 42.5 Å². The summed E-state index contributed by atoms with van der Waals surface area (Å²) in [5, 5.41) is 8.60. The SMILES string of the molecule is O=C(Nc1ccc(S[C@H](C(=O)Nc2nc3ccccc3s2)c2ccccc2)cc1)/C(=C/c1ccc(-c2ccccc2)o1)NC(=O)c1ccccc1. The lowest BCUT2D eigenvalue weighted by atomic mass is 10.1. The minimum absolute atomic E-state index is 0.00641. The van der Waals surface area contributed by atoms with Crippen molar-refractivity contribution in [1.82, 2.24) is 10.3 Å². The van der Waals surface area contributed by atoms with Crippen LogP contribution in [0, 0.1) is 0 Å². The molecule has 0 unspecified atom stereocenters. The quantitative estimate of drug-likeness (QED) is 0.0913. The van der Waals surface area contributed by atoms with E-state index in [2.05, 4.69) is 20.9 Å². The third-order valence-electron chi connectivity index (χ3n) is 7.73. The highest BCUT2D eigenvalue weighted by atomic mass is 32.2. The van der Waals surface area contributed by atoms with Gasteiger partial charge in [-0.2, -0.15) is 0 Å². The molecule has 51 heavy (non-hydrogen) atoms. The summed E-state index contributed by atoms with van der Waals surface area (Å²) in [5.41, 5.74) is 3.48. The molecule has 0 saturated heterocycles. The van der Waals surface area contributed by atoms with Crippen molar-refractivity contribution in [2.24, 2.45) is 0 Å². The molecule has 3 amide bonds. The number of aromatic nitrogens is 1. The lowest BCUT2D eigenvalue weighted by Crippen LogP contribution is -2.30. The maximum absolute atomic E-state index is 13.6. The van der Waals surface area contributed by atoms with Crippen LogP contribution in [0.25, 0.3) is 27.6 Å². The molecule has 0 fully saturated rings. The van der Waals surface area contributed by atoms with Crippen LogP contribution < -0.4 is 16.0 Å². The van der Waals surface area contributed by atoms with E-state index >= 15 is 0 Å². The number of anilines is 2. The van der Waals surface area contributed by atoms with Crippen molar-refractivity contribution in [3.8, 4) is 11.3 Å². The van der Waals surface area contributed by atoms with Gasteiger partial charge in [0, 0.05) is 27.8 Å². The Morgan fingerprint density at radius 2 is 1.37 bits per heavy atom. The number of benzene rings is 5. The van der Waals surface area contributed by atoms with Crippen LogP contribution in [0.1, 0.15) is 26.9 Å². The number of thioether (sulfide) groups is 1. The Kier molecular flexibility index (Phi) is 10.1. The molecule has 2 aromatic heterocycles. The first-order chi connectivity index (χ1) is 25.0. The molecule has 0 spiro atoms. The van der Waals surface area contributed by atoms with Crippen LogP contribution in [0.3, 0.4) is 0 Å². The number of furan rings is 1. The lowest BCUT2D eigenvalue weighted by Gasteiger charge is -2.16. The summed E-state index contributed by atoms with van der Waals surface area (Å²) in [6.07, 6.45) is 1.50. The summed E-state index contributed by atoms with van der Waals surface area (Å²) in [4.78, 5) is 45.8. The summed E-state index contributed by atoms with van der Waals surface area (Å²) >= 11 is 2.82. The van der Waals surface area contributed by atoms with E-state index < -0.39 is 17.1 Å². The second-order valence-corrected chi connectivity index (χ2v) is 13.5. The fraction of sp³-hybridized carbons (Fsp3) is 0.0244. The molecule has 7 aromatic rings. The zero-order valence-electron chi connectivity index (χ0n) is 27.0. The first kappa shape index (κ1) is 33.3. The van der Waals surface area contributed by atoms with Gasteiger partial charge in [0.15, 0.2) is 5.13 Å². The van der Waals surface area contributed by atoms with Gasteiger partial charge in [-0.05, 0) is 66.2 Å². The van der Waals surface area contributed by atoms with Gasteiger partial charge >= 0.3 is 0 Å². The van der Waals surface area contributed by atoms with Gasteiger partial charge in [-0.15, -0.1) is 11.8 Å². The summed E-state index contributed by atoms with van der Waals surface area (Å²) in [6.45, 7) is 0. The Hall–Kier alpha value is -6.23. The van der Waals surface area contributed by atoms with E-state index in [4.69, 9.17) is 4.42 Å². The van der Waals surface area contributed by atoms with E-state index in [9.17, 15) is 14.4 Å². The minimum atomic E-state index is -0.560. The van der Waals surface area contributed by atoms with Gasteiger partial charge in [-0.25, -0.2) is 4.98 Å². The van der Waals surface area contributed by atoms with Crippen molar-refractivity contribution in [2.75, 3.05) is 10.6 Å². The number of thiazole rings is 1. The van der Waals surface area contributed by atoms with Crippen molar-refractivity contribution in [3.63, 3.8) is 0 Å². The number of carbonyl (C=O) groups excluding carboxylic acids is 3. The first-order valence-electron chi connectivity index (χ1n) is 16.0. The molecule has 3 N–H and O–H groups in total. The average Bonchev–Trinajstić information content (AvgIpc) is 3.82. The maximum atomic E-state index is 13.6. The van der Waals surface area contributed by atoms with Crippen LogP contribution in [-0.2, 0) is 9.59 Å². The fourth-order valence-electron chi connectivity index (χ4n) is 5.22.